The molecular formula is C10H13NO6S. The van der Waals surface area contributed by atoms with Gasteiger partial charge in [0, 0.05) is 11.7 Å². The molecule has 1 aromatic carbocycles. The molecule has 0 aliphatic heterocycles. The Labute approximate surface area is 105 Å². The first-order chi connectivity index (χ1) is 8.20. The van der Waals surface area contributed by atoms with Crippen LogP contribution in [-0.4, -0.2) is 30.2 Å². The van der Waals surface area contributed by atoms with Crippen molar-refractivity contribution in [1.29, 1.82) is 0 Å². The summed E-state index contributed by atoms with van der Waals surface area (Å²) < 4.78 is 33.6. The zero-order valence-corrected chi connectivity index (χ0v) is 10.6. The molecule has 100 valence electrons. The summed E-state index contributed by atoms with van der Waals surface area (Å²) in [4.78, 5) is 12.1. The van der Waals surface area contributed by atoms with Crippen LogP contribution in [0.5, 0.6) is 5.75 Å². The maximum atomic E-state index is 11.0. The van der Waals surface area contributed by atoms with E-state index in [4.69, 9.17) is 9.66 Å². The Hall–Kier alpha value is -1.80. The Bertz CT molecular complexity index is 522. The highest BCUT2D eigenvalue weighted by Gasteiger charge is 2.18. The summed E-state index contributed by atoms with van der Waals surface area (Å²) >= 11 is 0. The van der Waals surface area contributed by atoms with E-state index < -0.39 is 16.5 Å². The van der Waals surface area contributed by atoms with E-state index in [1.807, 2.05) is 0 Å². The molecule has 0 atom stereocenters. The predicted molar refractivity (Wildman–Crippen MR) is 64.3 cm³/mol. The third kappa shape index (κ3) is 3.90. The van der Waals surface area contributed by atoms with Gasteiger partial charge in [-0.15, -0.1) is 0 Å². The van der Waals surface area contributed by atoms with E-state index in [1.165, 1.54) is 24.3 Å². The highest BCUT2D eigenvalue weighted by molar-refractivity contribution is 7.81. The van der Waals surface area contributed by atoms with E-state index >= 15 is 0 Å². The Kier molecular flexibility index (Phi) is 4.15. The number of benzene rings is 1. The van der Waals surface area contributed by atoms with Gasteiger partial charge in [-0.3, -0.25) is 9.45 Å². The number of carbonyl (C=O) groups is 1. The van der Waals surface area contributed by atoms with Crippen molar-refractivity contribution in [2.75, 3.05) is 4.90 Å². The quantitative estimate of drug-likeness (QED) is 0.811. The Morgan fingerprint density at radius 1 is 1.28 bits per heavy atom. The van der Waals surface area contributed by atoms with E-state index in [-0.39, 0.29) is 11.8 Å². The van der Waals surface area contributed by atoms with Crippen molar-refractivity contribution in [1.82, 2.24) is 0 Å². The van der Waals surface area contributed by atoms with Gasteiger partial charge in [0.25, 0.3) is 0 Å². The van der Waals surface area contributed by atoms with Crippen LogP contribution in [0.3, 0.4) is 0 Å². The maximum Gasteiger partial charge on any atom is 0.446 e. The first-order valence-corrected chi connectivity index (χ1v) is 6.36. The molecule has 0 aliphatic carbocycles. The highest BCUT2D eigenvalue weighted by Crippen LogP contribution is 2.22. The zero-order valence-electron chi connectivity index (χ0n) is 9.77. The molecule has 0 spiro atoms. The SMILES string of the molecule is CC(C)N(C(=O)O)c1ccc(OS(=O)(=O)O)cc1. The molecule has 7 nitrogen and oxygen atoms in total. The molecule has 0 aromatic heterocycles. The number of rotatable bonds is 4. The van der Waals surface area contributed by atoms with Gasteiger partial charge >= 0.3 is 16.5 Å². The Balaban J connectivity index is 2.98. The van der Waals surface area contributed by atoms with Crippen LogP contribution in [-0.2, 0) is 10.4 Å². The van der Waals surface area contributed by atoms with E-state index in [9.17, 15) is 13.2 Å². The van der Waals surface area contributed by atoms with Gasteiger partial charge in [0.05, 0.1) is 0 Å². The molecule has 0 heterocycles. The first kappa shape index (κ1) is 14.3. The van der Waals surface area contributed by atoms with Crippen LogP contribution in [0.4, 0.5) is 10.5 Å². The second-order valence-electron chi connectivity index (χ2n) is 3.75. The molecule has 0 saturated carbocycles. The smallest absolute Gasteiger partial charge is 0.446 e. The van der Waals surface area contributed by atoms with Crippen LogP contribution in [0.1, 0.15) is 13.8 Å². The molecule has 18 heavy (non-hydrogen) atoms. The molecule has 0 fully saturated rings. The van der Waals surface area contributed by atoms with Crippen molar-refractivity contribution in [3.05, 3.63) is 24.3 Å². The highest BCUT2D eigenvalue weighted by atomic mass is 32.3. The van der Waals surface area contributed by atoms with E-state index in [2.05, 4.69) is 4.18 Å². The minimum Gasteiger partial charge on any atom is -0.465 e. The summed E-state index contributed by atoms with van der Waals surface area (Å²) in [5, 5.41) is 9.01. The fourth-order valence-electron chi connectivity index (χ4n) is 1.41. The van der Waals surface area contributed by atoms with Gasteiger partial charge in [-0.25, -0.2) is 4.79 Å². The summed E-state index contributed by atoms with van der Waals surface area (Å²) in [5.41, 5.74) is 0.375. The largest absolute Gasteiger partial charge is 0.465 e. The van der Waals surface area contributed by atoms with Crippen LogP contribution in [0.2, 0.25) is 0 Å². The van der Waals surface area contributed by atoms with Crippen molar-refractivity contribution in [2.45, 2.75) is 19.9 Å². The average Bonchev–Trinajstić information content (AvgIpc) is 2.17. The van der Waals surface area contributed by atoms with Gasteiger partial charge in [0.2, 0.25) is 0 Å². The number of anilines is 1. The lowest BCUT2D eigenvalue weighted by Crippen LogP contribution is -2.35. The third-order valence-corrected chi connectivity index (χ3v) is 2.44. The van der Waals surface area contributed by atoms with Crippen LogP contribution in [0, 0.1) is 0 Å². The van der Waals surface area contributed by atoms with Crippen LogP contribution in [0.25, 0.3) is 0 Å². The molecule has 2 N–H and O–H groups in total. The van der Waals surface area contributed by atoms with E-state index in [0.29, 0.717) is 5.69 Å². The van der Waals surface area contributed by atoms with Crippen molar-refractivity contribution < 1.29 is 27.1 Å². The molecule has 1 rings (SSSR count). The molecule has 0 aliphatic rings. The Morgan fingerprint density at radius 2 is 1.78 bits per heavy atom. The first-order valence-electron chi connectivity index (χ1n) is 5.00. The minimum atomic E-state index is -4.57. The third-order valence-electron chi connectivity index (χ3n) is 2.04. The Morgan fingerprint density at radius 3 is 2.11 bits per heavy atom. The lowest BCUT2D eigenvalue weighted by molar-refractivity contribution is 0.200. The van der Waals surface area contributed by atoms with Crippen molar-refractivity contribution in [3.63, 3.8) is 0 Å². The predicted octanol–water partition coefficient (Wildman–Crippen LogP) is 1.76. The van der Waals surface area contributed by atoms with Gasteiger partial charge in [0.15, 0.2) is 0 Å². The van der Waals surface area contributed by atoms with Crippen molar-refractivity contribution in [3.8, 4) is 5.75 Å². The van der Waals surface area contributed by atoms with Crippen LogP contribution >= 0.6 is 0 Å². The van der Waals surface area contributed by atoms with Gasteiger partial charge in [0.1, 0.15) is 5.75 Å². The second-order valence-corrected chi connectivity index (χ2v) is 4.77. The average molecular weight is 275 g/mol. The number of hydrogen-bond donors (Lipinski definition) is 2. The molecule has 0 radical (unpaired) electrons. The maximum absolute atomic E-state index is 11.0. The number of amides is 1. The molecule has 1 amide bonds. The minimum absolute atomic E-state index is 0.102. The molecule has 0 unspecified atom stereocenters. The molecule has 0 saturated heterocycles. The van der Waals surface area contributed by atoms with E-state index in [1.54, 1.807) is 13.8 Å². The fourth-order valence-corrected chi connectivity index (χ4v) is 1.77. The standard InChI is InChI=1S/C10H13NO6S/c1-7(2)11(10(12)13)8-3-5-9(6-4-8)17-18(14,15)16/h3-7H,1-2H3,(H,12,13)(H,14,15,16). The normalized spacial score (nSPS) is 11.3. The molecule has 8 heteroatoms. The lowest BCUT2D eigenvalue weighted by Gasteiger charge is -2.23. The summed E-state index contributed by atoms with van der Waals surface area (Å²) in [6.07, 6.45) is -1.12. The monoisotopic (exact) mass is 275 g/mol. The van der Waals surface area contributed by atoms with Gasteiger partial charge < -0.3 is 9.29 Å². The molecule has 1 aromatic rings. The summed E-state index contributed by atoms with van der Waals surface area (Å²) in [6.45, 7) is 3.41. The van der Waals surface area contributed by atoms with Gasteiger partial charge in [-0.05, 0) is 38.1 Å². The summed E-state index contributed by atoms with van der Waals surface area (Å²) in [6, 6.07) is 5.00. The van der Waals surface area contributed by atoms with Gasteiger partial charge in [-0.2, -0.15) is 8.42 Å². The zero-order chi connectivity index (χ0) is 13.9. The topological polar surface area (TPSA) is 104 Å². The molecular weight excluding hydrogens is 262 g/mol. The second kappa shape index (κ2) is 5.23. The number of nitrogens with zero attached hydrogens (tertiary/aromatic N) is 1. The number of carboxylic acid groups (broad SMARTS) is 1. The summed E-state index contributed by atoms with van der Waals surface area (Å²) in [5.74, 6) is -0.102. The summed E-state index contributed by atoms with van der Waals surface area (Å²) in [7, 11) is -4.57. The molecule has 0 bridgehead atoms. The fraction of sp³-hybridized carbons (Fsp3) is 0.300. The van der Waals surface area contributed by atoms with E-state index in [0.717, 1.165) is 4.90 Å². The lowest BCUT2D eigenvalue weighted by atomic mass is 10.2. The van der Waals surface area contributed by atoms with Crippen molar-refractivity contribution in [2.24, 2.45) is 0 Å². The number of hydrogen-bond acceptors (Lipinski definition) is 4. The van der Waals surface area contributed by atoms with Crippen LogP contribution < -0.4 is 9.08 Å². The van der Waals surface area contributed by atoms with Crippen LogP contribution in [0.15, 0.2) is 24.3 Å². The van der Waals surface area contributed by atoms with Crippen molar-refractivity contribution >= 4 is 22.2 Å². The van der Waals surface area contributed by atoms with Gasteiger partial charge in [-0.1, -0.05) is 0 Å².